The summed E-state index contributed by atoms with van der Waals surface area (Å²) in [5.41, 5.74) is 2.74. The van der Waals surface area contributed by atoms with Crippen molar-refractivity contribution in [3.8, 4) is 17.2 Å². The fourth-order valence-electron chi connectivity index (χ4n) is 3.81. The van der Waals surface area contributed by atoms with Gasteiger partial charge in [0.15, 0.2) is 18.1 Å². The summed E-state index contributed by atoms with van der Waals surface area (Å²) in [5, 5.41) is 17.4. The van der Waals surface area contributed by atoms with Gasteiger partial charge in [0.2, 0.25) is 0 Å². The van der Waals surface area contributed by atoms with Crippen molar-refractivity contribution < 1.29 is 33.7 Å². The molecule has 3 aromatic carbocycles. The van der Waals surface area contributed by atoms with Crippen LogP contribution in [-0.2, 0) is 9.59 Å². The van der Waals surface area contributed by atoms with E-state index in [9.17, 15) is 14.4 Å². The van der Waals surface area contributed by atoms with E-state index >= 15 is 0 Å². The zero-order valence-electron chi connectivity index (χ0n) is 21.6. The first-order valence-electron chi connectivity index (χ1n) is 12.1. The van der Waals surface area contributed by atoms with Crippen molar-refractivity contribution in [2.24, 2.45) is 5.10 Å². The third-order valence-electron chi connectivity index (χ3n) is 5.73. The minimum atomic E-state index is -1.05. The molecule has 4 rings (SSSR count). The molecule has 0 radical (unpaired) electrons. The number of ether oxygens (including phenoxy) is 3. The Morgan fingerprint density at radius 1 is 1.00 bits per heavy atom. The van der Waals surface area contributed by atoms with Crippen LogP contribution in [0.3, 0.4) is 0 Å². The maximum atomic E-state index is 13.1. The van der Waals surface area contributed by atoms with Crippen molar-refractivity contribution >= 4 is 40.9 Å². The second kappa shape index (κ2) is 12.0. The van der Waals surface area contributed by atoms with Crippen molar-refractivity contribution in [1.82, 2.24) is 0 Å². The second-order valence-electron chi connectivity index (χ2n) is 8.42. The fourth-order valence-corrected chi connectivity index (χ4v) is 3.81. The van der Waals surface area contributed by atoms with Crippen LogP contribution in [0.15, 0.2) is 77.4 Å². The number of carbonyl (C=O) groups excluding carboxylic acids is 2. The van der Waals surface area contributed by atoms with Crippen LogP contribution in [0.5, 0.6) is 17.2 Å². The third kappa shape index (κ3) is 6.42. The van der Waals surface area contributed by atoms with Gasteiger partial charge < -0.3 is 24.6 Å². The molecule has 10 nitrogen and oxygen atoms in total. The normalized spacial score (nSPS) is 13.7. The molecule has 200 valence electrons. The smallest absolute Gasteiger partial charge is 0.335 e. The number of anilines is 2. The van der Waals surface area contributed by atoms with Gasteiger partial charge in [0.1, 0.15) is 5.75 Å². The third-order valence-corrected chi connectivity index (χ3v) is 5.73. The lowest BCUT2D eigenvalue weighted by atomic mass is 10.1. The molecule has 0 unspecified atom stereocenters. The number of hydrazone groups is 1. The highest BCUT2D eigenvalue weighted by molar-refractivity contribution is 6.32. The minimum absolute atomic E-state index is 0.116. The number of aromatic carboxylic acids is 1. The molecular formula is C29H27N3O7. The Morgan fingerprint density at radius 2 is 1.72 bits per heavy atom. The predicted molar refractivity (Wildman–Crippen MR) is 147 cm³/mol. The van der Waals surface area contributed by atoms with Crippen LogP contribution in [0, 0.1) is 0 Å². The standard InChI is InChI=1S/C29H27N3O7/c1-4-38-23-12-8-21(9-13-23)30-27(33)17-39-25-14-5-19(16-26(25)37-3)15-24-18(2)31-32(28(24)34)22-10-6-20(7-11-22)29(35)36/h5-16H,4,17H2,1-3H3,(H,30,33)(H,35,36)/b24-15+. The number of rotatable bonds is 10. The zero-order chi connectivity index (χ0) is 27.9. The molecule has 0 fully saturated rings. The van der Waals surface area contributed by atoms with E-state index in [0.29, 0.717) is 46.3 Å². The van der Waals surface area contributed by atoms with Gasteiger partial charge in [-0.1, -0.05) is 6.07 Å². The number of nitrogens with zero attached hydrogens (tertiary/aromatic N) is 2. The largest absolute Gasteiger partial charge is 0.494 e. The summed E-state index contributed by atoms with van der Waals surface area (Å²) in [4.78, 5) is 36.5. The Morgan fingerprint density at radius 3 is 2.36 bits per heavy atom. The summed E-state index contributed by atoms with van der Waals surface area (Å²) in [6, 6.07) is 18.0. The monoisotopic (exact) mass is 529 g/mol. The van der Waals surface area contributed by atoms with Crippen molar-refractivity contribution in [1.29, 1.82) is 0 Å². The van der Waals surface area contributed by atoms with Crippen molar-refractivity contribution in [3.05, 3.63) is 83.4 Å². The summed E-state index contributed by atoms with van der Waals surface area (Å²) in [6.45, 7) is 3.94. The van der Waals surface area contributed by atoms with Crippen LogP contribution in [0.4, 0.5) is 11.4 Å². The molecule has 2 amide bonds. The van der Waals surface area contributed by atoms with Crippen LogP contribution in [0.25, 0.3) is 6.08 Å². The summed E-state index contributed by atoms with van der Waals surface area (Å²) >= 11 is 0. The molecule has 0 saturated carbocycles. The molecule has 2 N–H and O–H groups in total. The van der Waals surface area contributed by atoms with E-state index in [4.69, 9.17) is 19.3 Å². The lowest BCUT2D eigenvalue weighted by molar-refractivity contribution is -0.118. The number of nitrogens with one attached hydrogen (secondary N) is 1. The summed E-state index contributed by atoms with van der Waals surface area (Å²) in [5.74, 6) is -0.268. The first-order chi connectivity index (χ1) is 18.8. The maximum Gasteiger partial charge on any atom is 0.335 e. The second-order valence-corrected chi connectivity index (χ2v) is 8.42. The number of benzene rings is 3. The minimum Gasteiger partial charge on any atom is -0.494 e. The highest BCUT2D eigenvalue weighted by Gasteiger charge is 2.29. The summed E-state index contributed by atoms with van der Waals surface area (Å²) in [7, 11) is 1.48. The lowest BCUT2D eigenvalue weighted by Gasteiger charge is -2.13. The van der Waals surface area contributed by atoms with E-state index in [1.165, 1.54) is 36.4 Å². The van der Waals surface area contributed by atoms with E-state index in [2.05, 4.69) is 10.4 Å². The molecule has 1 heterocycles. The Kier molecular flexibility index (Phi) is 8.25. The lowest BCUT2D eigenvalue weighted by Crippen LogP contribution is -2.21. The van der Waals surface area contributed by atoms with Gasteiger partial charge in [-0.3, -0.25) is 9.59 Å². The molecule has 3 aromatic rings. The summed E-state index contributed by atoms with van der Waals surface area (Å²) in [6.07, 6.45) is 1.68. The number of hydrogen-bond acceptors (Lipinski definition) is 7. The molecule has 1 aliphatic heterocycles. The molecule has 39 heavy (non-hydrogen) atoms. The van der Waals surface area contributed by atoms with Gasteiger partial charge in [-0.2, -0.15) is 10.1 Å². The van der Waals surface area contributed by atoms with E-state index in [-0.39, 0.29) is 24.0 Å². The van der Waals surface area contributed by atoms with E-state index < -0.39 is 5.97 Å². The van der Waals surface area contributed by atoms with Gasteiger partial charge in [0.05, 0.1) is 36.3 Å². The Hall–Kier alpha value is -5.12. The first-order valence-corrected chi connectivity index (χ1v) is 12.1. The number of methoxy groups -OCH3 is 1. The van der Waals surface area contributed by atoms with Crippen molar-refractivity contribution in [2.45, 2.75) is 13.8 Å². The van der Waals surface area contributed by atoms with Crippen LogP contribution in [0.2, 0.25) is 0 Å². The number of carboxylic acids is 1. The van der Waals surface area contributed by atoms with E-state index in [0.717, 1.165) is 5.75 Å². The highest BCUT2D eigenvalue weighted by atomic mass is 16.5. The number of amides is 2. The van der Waals surface area contributed by atoms with Crippen LogP contribution < -0.4 is 24.5 Å². The molecule has 0 aliphatic carbocycles. The Bertz CT molecular complexity index is 1440. The Labute approximate surface area is 225 Å². The maximum absolute atomic E-state index is 13.1. The average molecular weight is 530 g/mol. The number of hydrogen-bond donors (Lipinski definition) is 2. The molecule has 10 heteroatoms. The topological polar surface area (TPSA) is 127 Å². The average Bonchev–Trinajstić information content (AvgIpc) is 3.21. The molecule has 0 spiro atoms. The molecule has 1 aliphatic rings. The SMILES string of the molecule is CCOc1ccc(NC(=O)COc2ccc(/C=C3/C(=O)N(c4ccc(C(=O)O)cc4)N=C3C)cc2OC)cc1. The first kappa shape index (κ1) is 26.9. The number of carboxylic acid groups (broad SMARTS) is 1. The number of carbonyl (C=O) groups is 3. The molecule has 0 aromatic heterocycles. The van der Waals surface area contributed by atoms with E-state index in [1.807, 2.05) is 6.92 Å². The van der Waals surface area contributed by atoms with Gasteiger partial charge in [-0.15, -0.1) is 0 Å². The van der Waals surface area contributed by atoms with Gasteiger partial charge >= 0.3 is 5.97 Å². The van der Waals surface area contributed by atoms with Gasteiger partial charge in [-0.05, 0) is 86.2 Å². The van der Waals surface area contributed by atoms with Gasteiger partial charge in [0.25, 0.3) is 11.8 Å². The molecular weight excluding hydrogens is 502 g/mol. The van der Waals surface area contributed by atoms with E-state index in [1.54, 1.807) is 55.5 Å². The van der Waals surface area contributed by atoms with Crippen LogP contribution in [-0.4, -0.2) is 48.9 Å². The zero-order valence-corrected chi connectivity index (χ0v) is 21.6. The van der Waals surface area contributed by atoms with Crippen LogP contribution in [0.1, 0.15) is 29.8 Å². The predicted octanol–water partition coefficient (Wildman–Crippen LogP) is 4.62. The molecule has 0 saturated heterocycles. The fraction of sp³-hybridized carbons (Fsp3) is 0.172. The summed E-state index contributed by atoms with van der Waals surface area (Å²) < 4.78 is 16.5. The van der Waals surface area contributed by atoms with Gasteiger partial charge in [0, 0.05) is 5.69 Å². The quantitative estimate of drug-likeness (QED) is 0.367. The van der Waals surface area contributed by atoms with Gasteiger partial charge in [-0.25, -0.2) is 4.79 Å². The Balaban J connectivity index is 1.42. The molecule has 0 atom stereocenters. The van der Waals surface area contributed by atoms with Crippen LogP contribution >= 0.6 is 0 Å². The molecule has 0 bridgehead atoms. The highest BCUT2D eigenvalue weighted by Crippen LogP contribution is 2.31. The van der Waals surface area contributed by atoms with Crippen molar-refractivity contribution in [2.75, 3.05) is 30.6 Å². The van der Waals surface area contributed by atoms with Crippen molar-refractivity contribution in [3.63, 3.8) is 0 Å².